The van der Waals surface area contributed by atoms with Crippen LogP contribution in [0.4, 0.5) is 5.69 Å². The molecular weight excluding hydrogens is 360 g/mol. The molecule has 1 aromatic carbocycles. The number of carbonyl (C=O) groups is 1. The van der Waals surface area contributed by atoms with Gasteiger partial charge in [-0.3, -0.25) is 9.59 Å². The fourth-order valence-corrected chi connectivity index (χ4v) is 4.28. The second kappa shape index (κ2) is 7.62. The average molecular weight is 385 g/mol. The van der Waals surface area contributed by atoms with Crippen LogP contribution in [0.5, 0.6) is 0 Å². The Labute approximate surface area is 162 Å². The van der Waals surface area contributed by atoms with Crippen molar-refractivity contribution in [3.63, 3.8) is 0 Å². The SMILES string of the molecule is CCN(C(=O)c1sc2nc(CN(C)C)[nH]c(=O)c2c1C)c1cccc(C)c1. The number of hydrogen-bond donors (Lipinski definition) is 1. The highest BCUT2D eigenvalue weighted by Gasteiger charge is 2.24. The molecule has 27 heavy (non-hydrogen) atoms. The highest BCUT2D eigenvalue weighted by Crippen LogP contribution is 2.30. The first-order valence-corrected chi connectivity index (χ1v) is 9.69. The molecule has 1 amide bonds. The summed E-state index contributed by atoms with van der Waals surface area (Å²) in [4.78, 5) is 38.0. The minimum atomic E-state index is -0.191. The highest BCUT2D eigenvalue weighted by molar-refractivity contribution is 7.20. The molecule has 142 valence electrons. The topological polar surface area (TPSA) is 69.3 Å². The van der Waals surface area contributed by atoms with Crippen molar-refractivity contribution in [2.75, 3.05) is 25.5 Å². The average Bonchev–Trinajstić information content (AvgIpc) is 2.92. The second-order valence-corrected chi connectivity index (χ2v) is 7.87. The maximum absolute atomic E-state index is 13.2. The summed E-state index contributed by atoms with van der Waals surface area (Å²) in [5.74, 6) is 0.501. The van der Waals surface area contributed by atoms with Gasteiger partial charge in [0.2, 0.25) is 0 Å². The van der Waals surface area contributed by atoms with Crippen molar-refractivity contribution in [2.45, 2.75) is 27.3 Å². The summed E-state index contributed by atoms with van der Waals surface area (Å²) in [6.07, 6.45) is 0. The number of H-pyrrole nitrogens is 1. The predicted octanol–water partition coefficient (Wildman–Crippen LogP) is 3.33. The number of nitrogens with zero attached hydrogens (tertiary/aromatic N) is 3. The molecule has 1 N–H and O–H groups in total. The van der Waals surface area contributed by atoms with Crippen LogP contribution in [0.1, 0.15) is 33.5 Å². The molecule has 0 aliphatic rings. The van der Waals surface area contributed by atoms with Crippen LogP contribution in [-0.2, 0) is 6.54 Å². The number of thiophene rings is 1. The summed E-state index contributed by atoms with van der Waals surface area (Å²) < 4.78 is 0. The summed E-state index contributed by atoms with van der Waals surface area (Å²) in [7, 11) is 3.83. The zero-order valence-corrected chi connectivity index (χ0v) is 17.1. The third kappa shape index (κ3) is 3.79. The first-order valence-electron chi connectivity index (χ1n) is 8.87. The van der Waals surface area contributed by atoms with Crippen LogP contribution in [0.3, 0.4) is 0 Å². The van der Waals surface area contributed by atoms with E-state index in [-0.39, 0.29) is 11.5 Å². The Bertz CT molecular complexity index is 1050. The number of amides is 1. The van der Waals surface area contributed by atoms with E-state index in [0.29, 0.717) is 39.6 Å². The molecule has 3 aromatic rings. The van der Waals surface area contributed by atoms with Crippen molar-refractivity contribution in [2.24, 2.45) is 0 Å². The third-order valence-corrected chi connectivity index (χ3v) is 5.56. The number of fused-ring (bicyclic) bond motifs is 1. The van der Waals surface area contributed by atoms with Gasteiger partial charge in [-0.25, -0.2) is 4.98 Å². The van der Waals surface area contributed by atoms with Gasteiger partial charge in [0.15, 0.2) is 0 Å². The Morgan fingerprint density at radius 2 is 2.00 bits per heavy atom. The third-order valence-electron chi connectivity index (χ3n) is 4.38. The van der Waals surface area contributed by atoms with Crippen LogP contribution in [0.25, 0.3) is 10.2 Å². The van der Waals surface area contributed by atoms with E-state index in [2.05, 4.69) is 9.97 Å². The van der Waals surface area contributed by atoms with Gasteiger partial charge in [0, 0.05) is 12.2 Å². The lowest BCUT2D eigenvalue weighted by molar-refractivity contribution is 0.0991. The molecule has 0 saturated carbocycles. The summed E-state index contributed by atoms with van der Waals surface area (Å²) in [6.45, 7) is 6.85. The van der Waals surface area contributed by atoms with Gasteiger partial charge < -0.3 is 14.8 Å². The van der Waals surface area contributed by atoms with E-state index in [1.807, 2.05) is 64.0 Å². The van der Waals surface area contributed by atoms with Crippen molar-refractivity contribution in [1.29, 1.82) is 0 Å². The highest BCUT2D eigenvalue weighted by atomic mass is 32.1. The van der Waals surface area contributed by atoms with Crippen molar-refractivity contribution < 1.29 is 4.79 Å². The molecule has 0 radical (unpaired) electrons. The van der Waals surface area contributed by atoms with E-state index >= 15 is 0 Å². The monoisotopic (exact) mass is 384 g/mol. The van der Waals surface area contributed by atoms with Crippen LogP contribution in [0, 0.1) is 13.8 Å². The molecule has 0 fully saturated rings. The Balaban J connectivity index is 2.07. The molecule has 0 atom stereocenters. The number of hydrogen-bond acceptors (Lipinski definition) is 5. The minimum absolute atomic E-state index is 0.0999. The van der Waals surface area contributed by atoms with Crippen molar-refractivity contribution >= 4 is 33.1 Å². The van der Waals surface area contributed by atoms with Crippen LogP contribution in [-0.4, -0.2) is 41.4 Å². The summed E-state index contributed by atoms with van der Waals surface area (Å²) in [5.41, 5.74) is 2.45. The molecule has 7 heteroatoms. The molecule has 0 aliphatic carbocycles. The fourth-order valence-electron chi connectivity index (χ4n) is 3.13. The molecular formula is C20H24N4O2S. The van der Waals surface area contributed by atoms with E-state index in [4.69, 9.17) is 0 Å². The van der Waals surface area contributed by atoms with Gasteiger partial charge in [0.25, 0.3) is 11.5 Å². The van der Waals surface area contributed by atoms with Gasteiger partial charge in [0.1, 0.15) is 10.7 Å². The number of aryl methyl sites for hydroxylation is 2. The molecule has 0 saturated heterocycles. The number of aromatic amines is 1. The fraction of sp³-hybridized carbons (Fsp3) is 0.350. The van der Waals surface area contributed by atoms with Gasteiger partial charge in [-0.15, -0.1) is 11.3 Å². The molecule has 0 bridgehead atoms. The Morgan fingerprint density at radius 1 is 1.26 bits per heavy atom. The van der Waals surface area contributed by atoms with Crippen LogP contribution < -0.4 is 10.5 Å². The van der Waals surface area contributed by atoms with Crippen LogP contribution in [0.2, 0.25) is 0 Å². The van der Waals surface area contributed by atoms with Gasteiger partial charge in [-0.2, -0.15) is 0 Å². The zero-order valence-electron chi connectivity index (χ0n) is 16.3. The summed E-state index contributed by atoms with van der Waals surface area (Å²) >= 11 is 1.29. The number of rotatable bonds is 5. The zero-order chi connectivity index (χ0) is 19.7. The number of carbonyl (C=O) groups excluding carboxylic acids is 1. The van der Waals surface area contributed by atoms with Gasteiger partial charge in [-0.1, -0.05) is 12.1 Å². The lowest BCUT2D eigenvalue weighted by Gasteiger charge is -2.21. The van der Waals surface area contributed by atoms with Crippen molar-refractivity contribution in [3.05, 3.63) is 56.4 Å². The quantitative estimate of drug-likeness (QED) is 0.733. The minimum Gasteiger partial charge on any atom is -0.309 e. The van der Waals surface area contributed by atoms with Gasteiger partial charge in [0.05, 0.1) is 16.8 Å². The van der Waals surface area contributed by atoms with Crippen LogP contribution >= 0.6 is 11.3 Å². The lowest BCUT2D eigenvalue weighted by atomic mass is 10.1. The molecule has 2 aromatic heterocycles. The molecule has 6 nitrogen and oxygen atoms in total. The Kier molecular flexibility index (Phi) is 5.43. The molecule has 0 spiro atoms. The molecule has 0 unspecified atom stereocenters. The van der Waals surface area contributed by atoms with Gasteiger partial charge in [-0.05, 0) is 58.1 Å². The van der Waals surface area contributed by atoms with E-state index in [0.717, 1.165) is 11.3 Å². The Morgan fingerprint density at radius 3 is 2.63 bits per heavy atom. The Hall–Kier alpha value is -2.51. The smallest absolute Gasteiger partial charge is 0.268 e. The molecule has 2 heterocycles. The summed E-state index contributed by atoms with van der Waals surface area (Å²) in [5, 5.41) is 0.506. The maximum atomic E-state index is 13.2. The van der Waals surface area contributed by atoms with Crippen molar-refractivity contribution in [3.8, 4) is 0 Å². The van der Waals surface area contributed by atoms with E-state index < -0.39 is 0 Å². The largest absolute Gasteiger partial charge is 0.309 e. The normalized spacial score (nSPS) is 11.3. The van der Waals surface area contributed by atoms with E-state index in [1.54, 1.807) is 4.90 Å². The van der Waals surface area contributed by atoms with Crippen molar-refractivity contribution in [1.82, 2.24) is 14.9 Å². The number of aromatic nitrogens is 2. The number of anilines is 1. The van der Waals surface area contributed by atoms with E-state index in [9.17, 15) is 9.59 Å². The molecule has 3 rings (SSSR count). The van der Waals surface area contributed by atoms with E-state index in [1.165, 1.54) is 11.3 Å². The standard InChI is InChI=1S/C20H24N4O2S/c1-6-24(14-9-7-8-12(2)10-14)20(26)17-13(3)16-18(25)21-15(11-23(4)5)22-19(16)27-17/h7-10H,6,11H2,1-5H3,(H,21,22,25). The first-order chi connectivity index (χ1) is 12.8. The second-order valence-electron chi connectivity index (χ2n) is 6.88. The predicted molar refractivity (Wildman–Crippen MR) is 111 cm³/mol. The first kappa shape index (κ1) is 19.3. The maximum Gasteiger partial charge on any atom is 0.268 e. The summed E-state index contributed by atoms with van der Waals surface area (Å²) in [6, 6.07) is 7.86. The number of nitrogens with one attached hydrogen (secondary N) is 1. The van der Waals surface area contributed by atoms with Crippen LogP contribution in [0.15, 0.2) is 29.1 Å². The molecule has 0 aliphatic heterocycles. The number of benzene rings is 1. The lowest BCUT2D eigenvalue weighted by Crippen LogP contribution is -2.30. The van der Waals surface area contributed by atoms with Gasteiger partial charge >= 0.3 is 0 Å².